The van der Waals surface area contributed by atoms with E-state index in [2.05, 4.69) is 37.9 Å². The van der Waals surface area contributed by atoms with Gasteiger partial charge in [0.25, 0.3) is 0 Å². The zero-order valence-corrected chi connectivity index (χ0v) is 11.9. The fraction of sp³-hybridized carbons (Fsp3) is 0.312. The molecule has 0 aliphatic rings. The number of nitrogens with two attached hydrogens (primary N) is 1. The SMILES string of the molecule is Cc1cc(C)c(COc2ccc(C)nc2N)c(C)c1. The van der Waals surface area contributed by atoms with Gasteiger partial charge in [0.2, 0.25) is 0 Å². The molecule has 0 fully saturated rings. The predicted molar refractivity (Wildman–Crippen MR) is 78.4 cm³/mol. The van der Waals surface area contributed by atoms with Gasteiger partial charge in [-0.05, 0) is 56.5 Å². The van der Waals surface area contributed by atoms with Gasteiger partial charge in [-0.3, -0.25) is 0 Å². The van der Waals surface area contributed by atoms with Crippen molar-refractivity contribution in [2.45, 2.75) is 34.3 Å². The third kappa shape index (κ3) is 3.05. The predicted octanol–water partition coefficient (Wildman–Crippen LogP) is 3.48. The summed E-state index contributed by atoms with van der Waals surface area (Å²) in [6.07, 6.45) is 0. The molecule has 100 valence electrons. The van der Waals surface area contributed by atoms with Crippen molar-refractivity contribution in [3.05, 3.63) is 52.2 Å². The van der Waals surface area contributed by atoms with Crippen molar-refractivity contribution in [1.82, 2.24) is 4.98 Å². The maximum Gasteiger partial charge on any atom is 0.166 e. The van der Waals surface area contributed by atoms with Gasteiger partial charge in [0, 0.05) is 5.69 Å². The molecule has 0 radical (unpaired) electrons. The van der Waals surface area contributed by atoms with Crippen LogP contribution in [0.4, 0.5) is 5.82 Å². The van der Waals surface area contributed by atoms with E-state index in [0.717, 1.165) is 5.69 Å². The minimum Gasteiger partial charge on any atom is -0.485 e. The van der Waals surface area contributed by atoms with Gasteiger partial charge >= 0.3 is 0 Å². The fourth-order valence-corrected chi connectivity index (χ4v) is 2.27. The molecule has 1 aromatic carbocycles. The van der Waals surface area contributed by atoms with E-state index in [1.807, 2.05) is 19.1 Å². The van der Waals surface area contributed by atoms with Crippen molar-refractivity contribution >= 4 is 5.82 Å². The maximum absolute atomic E-state index is 5.85. The Hall–Kier alpha value is -2.03. The molecule has 0 atom stereocenters. The Kier molecular flexibility index (Phi) is 3.74. The summed E-state index contributed by atoms with van der Waals surface area (Å²) < 4.78 is 5.79. The summed E-state index contributed by atoms with van der Waals surface area (Å²) in [4.78, 5) is 4.20. The first kappa shape index (κ1) is 13.4. The van der Waals surface area contributed by atoms with Crippen LogP contribution in [0, 0.1) is 27.7 Å². The van der Waals surface area contributed by atoms with Crippen LogP contribution in [-0.4, -0.2) is 4.98 Å². The lowest BCUT2D eigenvalue weighted by atomic mass is 10.0. The number of nitrogens with zero attached hydrogens (tertiary/aromatic N) is 1. The van der Waals surface area contributed by atoms with E-state index in [1.165, 1.54) is 22.3 Å². The third-order valence-electron chi connectivity index (χ3n) is 3.24. The summed E-state index contributed by atoms with van der Waals surface area (Å²) >= 11 is 0. The summed E-state index contributed by atoms with van der Waals surface area (Å²) in [6, 6.07) is 8.11. The Labute approximate surface area is 114 Å². The minimum absolute atomic E-state index is 0.447. The van der Waals surface area contributed by atoms with Crippen LogP contribution in [0.3, 0.4) is 0 Å². The second-order valence-electron chi connectivity index (χ2n) is 5.00. The number of ether oxygens (including phenoxy) is 1. The van der Waals surface area contributed by atoms with E-state index in [9.17, 15) is 0 Å². The van der Waals surface area contributed by atoms with E-state index < -0.39 is 0 Å². The zero-order chi connectivity index (χ0) is 14.0. The first-order valence-electron chi connectivity index (χ1n) is 6.40. The quantitative estimate of drug-likeness (QED) is 0.914. The summed E-state index contributed by atoms with van der Waals surface area (Å²) in [7, 11) is 0. The zero-order valence-electron chi connectivity index (χ0n) is 11.9. The van der Waals surface area contributed by atoms with E-state index in [4.69, 9.17) is 10.5 Å². The smallest absolute Gasteiger partial charge is 0.166 e. The summed E-state index contributed by atoms with van der Waals surface area (Å²) in [5.74, 6) is 1.09. The molecule has 0 spiro atoms. The van der Waals surface area contributed by atoms with Gasteiger partial charge in [-0.15, -0.1) is 0 Å². The highest BCUT2D eigenvalue weighted by atomic mass is 16.5. The lowest BCUT2D eigenvalue weighted by molar-refractivity contribution is 0.305. The number of pyridine rings is 1. The average molecular weight is 256 g/mol. The van der Waals surface area contributed by atoms with Gasteiger partial charge < -0.3 is 10.5 Å². The monoisotopic (exact) mass is 256 g/mol. The van der Waals surface area contributed by atoms with Crippen LogP contribution in [0.5, 0.6) is 5.75 Å². The Bertz CT molecular complexity index is 583. The number of hydrogen-bond donors (Lipinski definition) is 1. The number of rotatable bonds is 3. The van der Waals surface area contributed by atoms with Gasteiger partial charge in [0.15, 0.2) is 11.6 Å². The lowest BCUT2D eigenvalue weighted by Crippen LogP contribution is -2.04. The molecule has 3 nitrogen and oxygen atoms in total. The highest BCUT2D eigenvalue weighted by molar-refractivity contribution is 5.46. The minimum atomic E-state index is 0.447. The Morgan fingerprint density at radius 2 is 1.68 bits per heavy atom. The van der Waals surface area contributed by atoms with Gasteiger partial charge in [-0.1, -0.05) is 17.7 Å². The van der Waals surface area contributed by atoms with E-state index >= 15 is 0 Å². The lowest BCUT2D eigenvalue weighted by Gasteiger charge is -2.13. The fourth-order valence-electron chi connectivity index (χ4n) is 2.27. The van der Waals surface area contributed by atoms with E-state index in [1.54, 1.807) is 0 Å². The van der Waals surface area contributed by atoms with Crippen molar-refractivity contribution in [3.63, 3.8) is 0 Å². The molecule has 0 unspecified atom stereocenters. The molecule has 2 aromatic rings. The number of anilines is 1. The summed E-state index contributed by atoms with van der Waals surface area (Å²) in [5, 5.41) is 0. The van der Waals surface area contributed by atoms with Crippen LogP contribution in [0.15, 0.2) is 24.3 Å². The van der Waals surface area contributed by atoms with Crippen molar-refractivity contribution in [2.75, 3.05) is 5.73 Å². The molecule has 3 heteroatoms. The Morgan fingerprint density at radius 3 is 2.26 bits per heavy atom. The molecule has 1 aromatic heterocycles. The topological polar surface area (TPSA) is 48.1 Å². The second kappa shape index (κ2) is 5.31. The number of aryl methyl sites for hydroxylation is 4. The summed E-state index contributed by atoms with van der Waals surface area (Å²) in [5.41, 5.74) is 11.7. The maximum atomic E-state index is 5.85. The van der Waals surface area contributed by atoms with Crippen molar-refractivity contribution in [2.24, 2.45) is 0 Å². The molecule has 0 saturated heterocycles. The number of benzene rings is 1. The average Bonchev–Trinajstić information content (AvgIpc) is 2.30. The number of nitrogen functional groups attached to an aromatic ring is 1. The largest absolute Gasteiger partial charge is 0.485 e. The molecule has 0 aliphatic carbocycles. The van der Waals surface area contributed by atoms with Crippen LogP contribution >= 0.6 is 0 Å². The molecule has 0 amide bonds. The molecule has 0 saturated carbocycles. The molecule has 1 heterocycles. The third-order valence-corrected chi connectivity index (χ3v) is 3.24. The molecule has 0 aliphatic heterocycles. The summed E-state index contributed by atoms with van der Waals surface area (Å²) in [6.45, 7) is 8.75. The molecule has 2 rings (SSSR count). The first-order valence-corrected chi connectivity index (χ1v) is 6.40. The van der Waals surface area contributed by atoms with E-state index in [0.29, 0.717) is 18.2 Å². The molecular formula is C16H20N2O. The molecule has 0 bridgehead atoms. The van der Waals surface area contributed by atoms with Gasteiger partial charge in [0.05, 0.1) is 0 Å². The first-order chi connectivity index (χ1) is 8.97. The van der Waals surface area contributed by atoms with Gasteiger partial charge in [-0.25, -0.2) is 4.98 Å². The highest BCUT2D eigenvalue weighted by Crippen LogP contribution is 2.23. The van der Waals surface area contributed by atoms with Gasteiger partial charge in [-0.2, -0.15) is 0 Å². The molecule has 2 N–H and O–H groups in total. The van der Waals surface area contributed by atoms with Crippen LogP contribution in [0.1, 0.15) is 27.9 Å². The molecular weight excluding hydrogens is 236 g/mol. The second-order valence-corrected chi connectivity index (χ2v) is 5.00. The van der Waals surface area contributed by atoms with Gasteiger partial charge in [0.1, 0.15) is 6.61 Å². The molecule has 19 heavy (non-hydrogen) atoms. The normalized spacial score (nSPS) is 10.5. The van der Waals surface area contributed by atoms with Crippen LogP contribution < -0.4 is 10.5 Å². The van der Waals surface area contributed by atoms with Crippen molar-refractivity contribution in [1.29, 1.82) is 0 Å². The number of aromatic nitrogens is 1. The van der Waals surface area contributed by atoms with Crippen LogP contribution in [0.2, 0.25) is 0 Å². The number of hydrogen-bond acceptors (Lipinski definition) is 3. The highest BCUT2D eigenvalue weighted by Gasteiger charge is 2.07. The van der Waals surface area contributed by atoms with E-state index in [-0.39, 0.29) is 0 Å². The Morgan fingerprint density at radius 1 is 1.05 bits per heavy atom. The van der Waals surface area contributed by atoms with Crippen LogP contribution in [-0.2, 0) is 6.61 Å². The van der Waals surface area contributed by atoms with Crippen molar-refractivity contribution < 1.29 is 4.74 Å². The van der Waals surface area contributed by atoms with Crippen molar-refractivity contribution in [3.8, 4) is 5.75 Å². The van der Waals surface area contributed by atoms with Crippen LogP contribution in [0.25, 0.3) is 0 Å². The standard InChI is InChI=1S/C16H20N2O/c1-10-7-11(2)14(12(3)8-10)9-19-15-6-5-13(4)18-16(15)17/h5-8H,9H2,1-4H3,(H2,17,18). The Balaban J connectivity index is 2.19.